The third-order valence-corrected chi connectivity index (χ3v) is 5.18. The average Bonchev–Trinajstić information content (AvgIpc) is 2.86. The predicted molar refractivity (Wildman–Crippen MR) is 133 cm³/mol. The van der Waals surface area contributed by atoms with Crippen LogP contribution >= 0.6 is 15.9 Å². The summed E-state index contributed by atoms with van der Waals surface area (Å²) in [5.41, 5.74) is 1.40. The predicted octanol–water partition coefficient (Wildman–Crippen LogP) is 5.13. The molecule has 15 heteroatoms. The summed E-state index contributed by atoms with van der Waals surface area (Å²) in [7, 11) is 0. The highest BCUT2D eigenvalue weighted by Crippen LogP contribution is 2.42. The summed E-state index contributed by atoms with van der Waals surface area (Å²) < 4.78 is 11.6. The van der Waals surface area contributed by atoms with Crippen molar-refractivity contribution in [3.05, 3.63) is 101 Å². The van der Waals surface area contributed by atoms with E-state index >= 15 is 0 Å². The Kier molecular flexibility index (Phi) is 8.42. The highest BCUT2D eigenvalue weighted by atomic mass is 79.9. The van der Waals surface area contributed by atoms with Crippen LogP contribution in [0.1, 0.15) is 22.8 Å². The van der Waals surface area contributed by atoms with Crippen LogP contribution in [0.4, 0.5) is 17.1 Å². The van der Waals surface area contributed by atoms with E-state index in [9.17, 15) is 35.1 Å². The zero-order valence-electron chi connectivity index (χ0n) is 18.8. The van der Waals surface area contributed by atoms with Crippen LogP contribution in [0.25, 0.3) is 0 Å². The summed E-state index contributed by atoms with van der Waals surface area (Å²) in [4.78, 5) is 43.4. The number of nitrogens with one attached hydrogen (secondary N) is 1. The normalized spacial score (nSPS) is 10.6. The second-order valence-electron chi connectivity index (χ2n) is 7.04. The third kappa shape index (κ3) is 6.61. The van der Waals surface area contributed by atoms with E-state index in [2.05, 4.69) is 26.5 Å². The molecule has 0 bridgehead atoms. The highest BCUT2D eigenvalue weighted by Gasteiger charge is 2.23. The van der Waals surface area contributed by atoms with Crippen LogP contribution in [0.2, 0.25) is 0 Å². The Morgan fingerprint density at radius 2 is 1.68 bits per heavy atom. The summed E-state index contributed by atoms with van der Waals surface area (Å²) >= 11 is 3.31. The number of rotatable bonds is 10. The summed E-state index contributed by atoms with van der Waals surface area (Å²) in [5.74, 6) is -0.690. The number of amides is 1. The quantitative estimate of drug-likeness (QED) is 0.194. The summed E-state index contributed by atoms with van der Waals surface area (Å²) in [6, 6.07) is 11.1. The Balaban J connectivity index is 1.86. The summed E-state index contributed by atoms with van der Waals surface area (Å²) in [6.07, 6.45) is 1.28. The van der Waals surface area contributed by atoms with Gasteiger partial charge in [-0.25, -0.2) is 5.43 Å². The number of benzene rings is 3. The molecular weight excluding hydrogens is 558 g/mol. The van der Waals surface area contributed by atoms with Crippen LogP contribution in [0, 0.1) is 30.3 Å². The molecule has 0 saturated heterocycles. The van der Waals surface area contributed by atoms with Gasteiger partial charge in [-0.2, -0.15) is 5.10 Å². The highest BCUT2D eigenvalue weighted by molar-refractivity contribution is 9.10. The Bertz CT molecular complexity index is 1430. The summed E-state index contributed by atoms with van der Waals surface area (Å²) in [6.45, 7) is 1.90. The minimum atomic E-state index is -0.804. The van der Waals surface area contributed by atoms with E-state index in [0.717, 1.165) is 24.3 Å². The maximum atomic E-state index is 12.3. The van der Waals surface area contributed by atoms with Gasteiger partial charge < -0.3 is 9.47 Å². The number of nitrogens with zero attached hydrogens (tertiary/aromatic N) is 4. The van der Waals surface area contributed by atoms with Crippen molar-refractivity contribution >= 4 is 45.1 Å². The van der Waals surface area contributed by atoms with Crippen molar-refractivity contribution in [3.63, 3.8) is 0 Å². The standard InChI is InChI=1S/C22H16BrN5O9/c1-2-36-20-9-13(12-24-25-22(29)14-4-3-5-15(10-14)26(30)31)8-17(23)21(20)37-19-7-6-16(27(32)33)11-18(19)28(34)35/h3-12H,2H2,1H3,(H,25,29)/b24-12-. The average molecular weight is 574 g/mol. The van der Waals surface area contributed by atoms with Gasteiger partial charge in [-0.05, 0) is 52.7 Å². The first-order chi connectivity index (χ1) is 17.6. The van der Waals surface area contributed by atoms with Gasteiger partial charge in [0.05, 0.1) is 38.1 Å². The monoisotopic (exact) mass is 573 g/mol. The Morgan fingerprint density at radius 1 is 0.973 bits per heavy atom. The third-order valence-electron chi connectivity index (χ3n) is 4.59. The second kappa shape index (κ2) is 11.7. The van der Waals surface area contributed by atoms with Crippen LogP contribution < -0.4 is 14.9 Å². The molecule has 0 atom stereocenters. The van der Waals surface area contributed by atoms with Gasteiger partial charge in [0.1, 0.15) is 0 Å². The number of non-ortho nitro benzene ring substituents is 2. The van der Waals surface area contributed by atoms with E-state index in [1.54, 1.807) is 6.92 Å². The first kappa shape index (κ1) is 26.7. The van der Waals surface area contributed by atoms with Gasteiger partial charge in [-0.3, -0.25) is 35.1 Å². The van der Waals surface area contributed by atoms with Crippen LogP contribution in [0.15, 0.2) is 64.2 Å². The number of hydrogen-bond donors (Lipinski definition) is 1. The lowest BCUT2D eigenvalue weighted by Gasteiger charge is -2.14. The molecule has 0 saturated carbocycles. The molecule has 37 heavy (non-hydrogen) atoms. The fraction of sp³-hybridized carbons (Fsp3) is 0.0909. The van der Waals surface area contributed by atoms with Crippen molar-refractivity contribution in [2.75, 3.05) is 6.61 Å². The number of nitro groups is 3. The number of hydrogen-bond acceptors (Lipinski definition) is 10. The van der Waals surface area contributed by atoms with Crippen LogP contribution in [-0.4, -0.2) is 33.5 Å². The number of halogens is 1. The SMILES string of the molecule is CCOc1cc(/C=N\NC(=O)c2cccc([N+](=O)[O-])c2)cc(Br)c1Oc1ccc([N+](=O)[O-])cc1[N+](=O)[O-]. The van der Waals surface area contributed by atoms with Gasteiger partial charge in [0, 0.05) is 23.8 Å². The van der Waals surface area contributed by atoms with Crippen molar-refractivity contribution in [1.82, 2.24) is 5.43 Å². The number of carbonyl (C=O) groups is 1. The van der Waals surface area contributed by atoms with E-state index < -0.39 is 32.1 Å². The molecule has 0 aliphatic carbocycles. The van der Waals surface area contributed by atoms with Gasteiger partial charge in [-0.15, -0.1) is 0 Å². The van der Waals surface area contributed by atoms with Crippen molar-refractivity contribution < 1.29 is 29.0 Å². The fourth-order valence-electron chi connectivity index (χ4n) is 2.97. The minimum absolute atomic E-state index is 0.0379. The molecule has 0 radical (unpaired) electrons. The van der Waals surface area contributed by atoms with Gasteiger partial charge in [0.15, 0.2) is 11.5 Å². The number of ether oxygens (including phenoxy) is 2. The topological polar surface area (TPSA) is 189 Å². The lowest BCUT2D eigenvalue weighted by molar-refractivity contribution is -0.394. The molecular formula is C22H16BrN5O9. The maximum Gasteiger partial charge on any atom is 0.318 e. The molecule has 0 aliphatic heterocycles. The Labute approximate surface area is 216 Å². The first-order valence-corrected chi connectivity index (χ1v) is 11.0. The Hall–Kier alpha value is -4.92. The maximum absolute atomic E-state index is 12.3. The van der Waals surface area contributed by atoms with Gasteiger partial charge in [0.2, 0.25) is 5.75 Å². The molecule has 0 aromatic heterocycles. The van der Waals surface area contributed by atoms with Gasteiger partial charge >= 0.3 is 5.69 Å². The molecule has 3 aromatic carbocycles. The number of nitro benzene ring substituents is 3. The van der Waals surface area contributed by atoms with Gasteiger partial charge in [-0.1, -0.05) is 6.07 Å². The fourth-order valence-corrected chi connectivity index (χ4v) is 3.51. The first-order valence-electron chi connectivity index (χ1n) is 10.3. The number of hydrazone groups is 1. The second-order valence-corrected chi connectivity index (χ2v) is 7.89. The molecule has 3 aromatic rings. The molecule has 3 rings (SSSR count). The molecule has 0 spiro atoms. The van der Waals surface area contributed by atoms with Crippen molar-refractivity contribution in [1.29, 1.82) is 0 Å². The number of carbonyl (C=O) groups excluding carboxylic acids is 1. The largest absolute Gasteiger partial charge is 0.490 e. The van der Waals surface area contributed by atoms with Gasteiger partial charge in [0.25, 0.3) is 17.3 Å². The zero-order chi connectivity index (χ0) is 27.1. The van der Waals surface area contributed by atoms with Crippen molar-refractivity contribution in [2.45, 2.75) is 6.92 Å². The molecule has 0 aliphatic rings. The van der Waals surface area contributed by atoms with Crippen LogP contribution in [0.3, 0.4) is 0 Å². The van der Waals surface area contributed by atoms with E-state index in [4.69, 9.17) is 9.47 Å². The van der Waals surface area contributed by atoms with Crippen LogP contribution in [-0.2, 0) is 0 Å². The minimum Gasteiger partial charge on any atom is -0.490 e. The molecule has 14 nitrogen and oxygen atoms in total. The summed E-state index contributed by atoms with van der Waals surface area (Å²) in [5, 5.41) is 37.1. The molecule has 0 unspecified atom stereocenters. The molecule has 1 amide bonds. The van der Waals surface area contributed by atoms with E-state index in [-0.39, 0.29) is 35.1 Å². The molecule has 1 N–H and O–H groups in total. The lowest BCUT2D eigenvalue weighted by atomic mass is 10.2. The zero-order valence-corrected chi connectivity index (χ0v) is 20.4. The van der Waals surface area contributed by atoms with E-state index in [1.807, 2.05) is 0 Å². The van der Waals surface area contributed by atoms with Crippen LogP contribution in [0.5, 0.6) is 17.2 Å². The van der Waals surface area contributed by atoms with E-state index in [0.29, 0.717) is 10.0 Å². The van der Waals surface area contributed by atoms with Crippen molar-refractivity contribution in [2.24, 2.45) is 5.10 Å². The smallest absolute Gasteiger partial charge is 0.318 e. The van der Waals surface area contributed by atoms with E-state index in [1.165, 1.54) is 36.5 Å². The lowest BCUT2D eigenvalue weighted by Crippen LogP contribution is -2.17. The van der Waals surface area contributed by atoms with Crippen molar-refractivity contribution in [3.8, 4) is 17.2 Å². The molecule has 190 valence electrons. The molecule has 0 heterocycles. The Morgan fingerprint density at radius 3 is 2.32 bits per heavy atom. The molecule has 0 fully saturated rings.